The largest absolute Gasteiger partial charge is 0.326 e. The van der Waals surface area contributed by atoms with Crippen molar-refractivity contribution in [3.8, 4) is 0 Å². The highest BCUT2D eigenvalue weighted by Crippen LogP contribution is 2.38. The summed E-state index contributed by atoms with van der Waals surface area (Å²) in [6, 6.07) is 8.37. The average Bonchev–Trinajstić information content (AvgIpc) is 2.14. The van der Waals surface area contributed by atoms with Crippen LogP contribution in [0.15, 0.2) is 24.3 Å². The van der Waals surface area contributed by atoms with Crippen LogP contribution in [0.2, 0.25) is 0 Å². The highest BCUT2D eigenvalue weighted by molar-refractivity contribution is 5.29. The molecule has 0 aromatic heterocycles. The van der Waals surface area contributed by atoms with Crippen molar-refractivity contribution in [1.82, 2.24) is 0 Å². The van der Waals surface area contributed by atoms with Crippen molar-refractivity contribution < 1.29 is 0 Å². The van der Waals surface area contributed by atoms with Crippen LogP contribution in [0.1, 0.15) is 30.4 Å². The van der Waals surface area contributed by atoms with Gasteiger partial charge in [-0.25, -0.2) is 0 Å². The molecule has 1 aromatic rings. The first-order valence-corrected chi connectivity index (χ1v) is 4.83. The summed E-state index contributed by atoms with van der Waals surface area (Å²) >= 11 is 0. The van der Waals surface area contributed by atoms with Crippen molar-refractivity contribution >= 4 is 0 Å². The van der Waals surface area contributed by atoms with E-state index in [0.29, 0.717) is 6.54 Å². The molecule has 1 aliphatic rings. The molecule has 0 radical (unpaired) electrons. The van der Waals surface area contributed by atoms with Crippen LogP contribution in [0, 0.1) is 0 Å². The van der Waals surface area contributed by atoms with Crippen LogP contribution in [-0.2, 0) is 12.1 Å². The van der Waals surface area contributed by atoms with E-state index in [2.05, 4.69) is 24.3 Å². The third-order valence-electron chi connectivity index (χ3n) is 3.01. The molecule has 1 aliphatic carbocycles. The van der Waals surface area contributed by atoms with E-state index in [0.717, 1.165) is 12.8 Å². The molecule has 1 saturated carbocycles. The summed E-state index contributed by atoms with van der Waals surface area (Å²) in [4.78, 5) is 0. The van der Waals surface area contributed by atoms with E-state index in [9.17, 15) is 0 Å². The number of rotatable bonds is 2. The van der Waals surface area contributed by atoms with Crippen LogP contribution in [-0.4, -0.2) is 0 Å². The van der Waals surface area contributed by atoms with Gasteiger partial charge in [0.15, 0.2) is 0 Å². The highest BCUT2D eigenvalue weighted by Gasteiger charge is 2.33. The molecular formula is C11H16N2. The van der Waals surface area contributed by atoms with Gasteiger partial charge in [0.05, 0.1) is 0 Å². The Morgan fingerprint density at radius 3 is 2.15 bits per heavy atom. The molecule has 0 unspecified atom stereocenters. The molecule has 0 spiro atoms. The summed E-state index contributed by atoms with van der Waals surface area (Å²) in [5.41, 5.74) is 14.1. The first kappa shape index (κ1) is 8.73. The van der Waals surface area contributed by atoms with Gasteiger partial charge < -0.3 is 11.5 Å². The van der Waals surface area contributed by atoms with Gasteiger partial charge in [0, 0.05) is 12.1 Å². The number of hydrogen-bond acceptors (Lipinski definition) is 2. The lowest BCUT2D eigenvalue weighted by Gasteiger charge is -2.38. The third kappa shape index (κ3) is 1.47. The zero-order valence-electron chi connectivity index (χ0n) is 7.79. The summed E-state index contributed by atoms with van der Waals surface area (Å²) < 4.78 is 0. The van der Waals surface area contributed by atoms with Crippen LogP contribution in [0.25, 0.3) is 0 Å². The van der Waals surface area contributed by atoms with Gasteiger partial charge in [-0.15, -0.1) is 0 Å². The van der Waals surface area contributed by atoms with Crippen LogP contribution in [0.4, 0.5) is 0 Å². The second-order valence-electron chi connectivity index (χ2n) is 3.91. The number of nitrogens with two attached hydrogens (primary N) is 2. The molecule has 4 N–H and O–H groups in total. The van der Waals surface area contributed by atoms with Gasteiger partial charge in [-0.1, -0.05) is 24.3 Å². The number of benzene rings is 1. The monoisotopic (exact) mass is 176 g/mol. The predicted molar refractivity (Wildman–Crippen MR) is 54.0 cm³/mol. The molecule has 2 nitrogen and oxygen atoms in total. The van der Waals surface area contributed by atoms with Crippen molar-refractivity contribution in [1.29, 1.82) is 0 Å². The molecule has 0 atom stereocenters. The fourth-order valence-corrected chi connectivity index (χ4v) is 1.82. The zero-order valence-corrected chi connectivity index (χ0v) is 7.79. The smallest absolute Gasteiger partial charge is 0.0409 e. The molecule has 0 saturated heterocycles. The van der Waals surface area contributed by atoms with Gasteiger partial charge in [0.1, 0.15) is 0 Å². The molecule has 13 heavy (non-hydrogen) atoms. The summed E-state index contributed by atoms with van der Waals surface area (Å²) in [5, 5.41) is 0. The quantitative estimate of drug-likeness (QED) is 0.717. The van der Waals surface area contributed by atoms with Crippen molar-refractivity contribution in [2.45, 2.75) is 31.3 Å². The molecule has 0 bridgehead atoms. The van der Waals surface area contributed by atoms with Crippen LogP contribution < -0.4 is 11.5 Å². The highest BCUT2D eigenvalue weighted by atomic mass is 14.8. The molecular weight excluding hydrogens is 160 g/mol. The standard InChI is InChI=1S/C11H16N2/c12-8-9-2-4-10(5-3-9)11(13)6-1-7-11/h2-5H,1,6-8,12-13H2. The average molecular weight is 176 g/mol. The molecule has 2 heteroatoms. The number of hydrogen-bond donors (Lipinski definition) is 2. The van der Waals surface area contributed by atoms with E-state index in [1.807, 2.05) is 0 Å². The van der Waals surface area contributed by atoms with E-state index in [-0.39, 0.29) is 5.54 Å². The minimum Gasteiger partial charge on any atom is -0.326 e. The Labute approximate surface area is 78.9 Å². The normalized spacial score (nSPS) is 19.5. The summed E-state index contributed by atoms with van der Waals surface area (Å²) in [6.45, 7) is 0.609. The van der Waals surface area contributed by atoms with E-state index >= 15 is 0 Å². The maximum Gasteiger partial charge on any atom is 0.0409 e. The van der Waals surface area contributed by atoms with Crippen LogP contribution >= 0.6 is 0 Å². The molecule has 1 fully saturated rings. The fraction of sp³-hybridized carbons (Fsp3) is 0.455. The maximum absolute atomic E-state index is 6.18. The van der Waals surface area contributed by atoms with Crippen molar-refractivity contribution in [3.05, 3.63) is 35.4 Å². The SMILES string of the molecule is NCc1ccc(C2(N)CCC2)cc1. The van der Waals surface area contributed by atoms with Gasteiger partial charge >= 0.3 is 0 Å². The van der Waals surface area contributed by atoms with Crippen molar-refractivity contribution in [2.24, 2.45) is 11.5 Å². The minimum atomic E-state index is -0.0346. The Bertz CT molecular complexity index is 285. The van der Waals surface area contributed by atoms with Gasteiger partial charge in [0.2, 0.25) is 0 Å². The molecule has 1 aromatic carbocycles. The zero-order chi connectivity index (χ0) is 9.31. The molecule has 2 rings (SSSR count). The fourth-order valence-electron chi connectivity index (χ4n) is 1.82. The van der Waals surface area contributed by atoms with Crippen LogP contribution in [0.3, 0.4) is 0 Å². The predicted octanol–water partition coefficient (Wildman–Crippen LogP) is 1.48. The summed E-state index contributed by atoms with van der Waals surface area (Å²) in [5.74, 6) is 0. The lowest BCUT2D eigenvalue weighted by molar-refractivity contribution is 0.253. The Hall–Kier alpha value is -0.860. The van der Waals surface area contributed by atoms with E-state index in [1.165, 1.54) is 17.5 Å². The van der Waals surface area contributed by atoms with Gasteiger partial charge in [-0.2, -0.15) is 0 Å². The van der Waals surface area contributed by atoms with Crippen LogP contribution in [0.5, 0.6) is 0 Å². The van der Waals surface area contributed by atoms with Gasteiger partial charge in [-0.3, -0.25) is 0 Å². The second kappa shape index (κ2) is 3.13. The Morgan fingerprint density at radius 2 is 1.77 bits per heavy atom. The minimum absolute atomic E-state index is 0.0346. The Kier molecular flexibility index (Phi) is 2.10. The van der Waals surface area contributed by atoms with Crippen molar-refractivity contribution in [2.75, 3.05) is 0 Å². The maximum atomic E-state index is 6.18. The molecule has 0 amide bonds. The van der Waals surface area contributed by atoms with E-state index < -0.39 is 0 Å². The van der Waals surface area contributed by atoms with E-state index in [1.54, 1.807) is 0 Å². The third-order valence-corrected chi connectivity index (χ3v) is 3.01. The van der Waals surface area contributed by atoms with Gasteiger partial charge in [0.25, 0.3) is 0 Å². The van der Waals surface area contributed by atoms with E-state index in [4.69, 9.17) is 11.5 Å². The van der Waals surface area contributed by atoms with Gasteiger partial charge in [-0.05, 0) is 30.4 Å². The lowest BCUT2D eigenvalue weighted by Crippen LogP contribution is -2.43. The first-order valence-electron chi connectivity index (χ1n) is 4.83. The molecule has 0 aliphatic heterocycles. The summed E-state index contributed by atoms with van der Waals surface area (Å²) in [7, 11) is 0. The molecule has 0 heterocycles. The lowest BCUT2D eigenvalue weighted by atomic mass is 9.73. The molecule has 70 valence electrons. The summed E-state index contributed by atoms with van der Waals surface area (Å²) in [6.07, 6.45) is 3.50. The topological polar surface area (TPSA) is 52.0 Å². The first-order chi connectivity index (χ1) is 6.24. The second-order valence-corrected chi connectivity index (χ2v) is 3.91. The Balaban J connectivity index is 2.22. The van der Waals surface area contributed by atoms with Crippen molar-refractivity contribution in [3.63, 3.8) is 0 Å². The Morgan fingerprint density at radius 1 is 1.15 bits per heavy atom.